The Labute approximate surface area is 164 Å². The van der Waals surface area contributed by atoms with E-state index in [1.165, 1.54) is 48.2 Å². The molecule has 0 aliphatic heterocycles. The molecule has 142 valence electrons. The van der Waals surface area contributed by atoms with Crippen molar-refractivity contribution in [2.24, 2.45) is 7.05 Å². The number of para-hydroxylation sites is 1. The van der Waals surface area contributed by atoms with Crippen molar-refractivity contribution in [2.75, 3.05) is 5.32 Å². The highest BCUT2D eigenvalue weighted by molar-refractivity contribution is 7.99. The second-order valence-electron chi connectivity index (χ2n) is 5.70. The second-order valence-corrected chi connectivity index (χ2v) is 6.71. The average molecular weight is 398 g/mol. The summed E-state index contributed by atoms with van der Waals surface area (Å²) < 4.78 is 15.5. The molecule has 7 nitrogen and oxygen atoms in total. The number of aromatic nitrogens is 2. The van der Waals surface area contributed by atoms with Gasteiger partial charge in [0.05, 0.1) is 16.2 Å². The molecule has 1 heterocycles. The molecule has 1 N–H and O–H groups in total. The Hall–Kier alpha value is -3.46. The van der Waals surface area contributed by atoms with Gasteiger partial charge in [0, 0.05) is 36.5 Å². The van der Waals surface area contributed by atoms with E-state index >= 15 is 0 Å². The maximum atomic E-state index is 13.7. The lowest BCUT2D eigenvalue weighted by Crippen LogP contribution is -2.09. The maximum Gasteiger partial charge on any atom is 0.276 e. The molecule has 0 saturated carbocycles. The van der Waals surface area contributed by atoms with Crippen molar-refractivity contribution in [1.82, 2.24) is 9.55 Å². The first-order valence-corrected chi connectivity index (χ1v) is 8.93. The third kappa shape index (κ3) is 4.63. The first-order chi connectivity index (χ1) is 13.4. The lowest BCUT2D eigenvalue weighted by atomic mass is 10.1. The van der Waals surface area contributed by atoms with E-state index < -0.39 is 16.6 Å². The molecular weight excluding hydrogens is 383 g/mol. The summed E-state index contributed by atoms with van der Waals surface area (Å²) in [7, 11) is 1.83. The first-order valence-electron chi connectivity index (χ1n) is 8.11. The van der Waals surface area contributed by atoms with Gasteiger partial charge in [-0.25, -0.2) is 9.37 Å². The first kappa shape index (κ1) is 19.3. The molecule has 3 rings (SSSR count). The van der Waals surface area contributed by atoms with Crippen LogP contribution >= 0.6 is 11.8 Å². The molecule has 0 radical (unpaired) electrons. The van der Waals surface area contributed by atoms with Gasteiger partial charge in [-0.15, -0.1) is 0 Å². The molecular formula is C19H15FN4O3S. The highest BCUT2D eigenvalue weighted by atomic mass is 32.2. The summed E-state index contributed by atoms with van der Waals surface area (Å²) in [6.45, 7) is 0. The van der Waals surface area contributed by atoms with Crippen LogP contribution in [0.25, 0.3) is 6.08 Å². The number of nitro benzene ring substituents is 1. The number of imidazole rings is 1. The van der Waals surface area contributed by atoms with E-state index in [-0.39, 0.29) is 11.4 Å². The third-order valence-corrected chi connectivity index (χ3v) is 4.88. The lowest BCUT2D eigenvalue weighted by Gasteiger charge is -2.09. The van der Waals surface area contributed by atoms with Crippen molar-refractivity contribution in [3.05, 3.63) is 82.4 Å². The topological polar surface area (TPSA) is 90.1 Å². The number of anilines is 1. The van der Waals surface area contributed by atoms with Gasteiger partial charge in [0.2, 0.25) is 5.91 Å². The quantitative estimate of drug-likeness (QED) is 0.380. The van der Waals surface area contributed by atoms with Crippen LogP contribution in [0.1, 0.15) is 5.56 Å². The Kier molecular flexibility index (Phi) is 5.85. The molecule has 3 aromatic rings. The summed E-state index contributed by atoms with van der Waals surface area (Å²) in [5.74, 6) is -1.03. The van der Waals surface area contributed by atoms with E-state index in [1.807, 2.05) is 7.05 Å². The number of rotatable bonds is 6. The van der Waals surface area contributed by atoms with Crippen LogP contribution in [0.3, 0.4) is 0 Å². The number of nitro groups is 1. The maximum absolute atomic E-state index is 13.7. The molecule has 1 aromatic heterocycles. The van der Waals surface area contributed by atoms with Gasteiger partial charge in [-0.3, -0.25) is 14.9 Å². The van der Waals surface area contributed by atoms with Crippen LogP contribution in [-0.4, -0.2) is 20.4 Å². The number of nitrogens with one attached hydrogen (secondary N) is 1. The van der Waals surface area contributed by atoms with Crippen molar-refractivity contribution >= 4 is 35.1 Å². The van der Waals surface area contributed by atoms with E-state index in [2.05, 4.69) is 10.3 Å². The van der Waals surface area contributed by atoms with Crippen LogP contribution in [0.4, 0.5) is 15.8 Å². The van der Waals surface area contributed by atoms with E-state index in [4.69, 9.17) is 0 Å². The molecule has 0 aliphatic rings. The Morgan fingerprint density at radius 3 is 2.82 bits per heavy atom. The number of amides is 1. The zero-order valence-corrected chi connectivity index (χ0v) is 15.5. The fourth-order valence-corrected chi connectivity index (χ4v) is 3.24. The van der Waals surface area contributed by atoms with Crippen molar-refractivity contribution in [3.8, 4) is 0 Å². The number of halogens is 1. The Bertz CT molecular complexity index is 1060. The molecule has 0 saturated heterocycles. The average Bonchev–Trinajstić information content (AvgIpc) is 3.07. The van der Waals surface area contributed by atoms with Crippen molar-refractivity contribution in [1.29, 1.82) is 0 Å². The SMILES string of the molecule is Cn1ccnc1Sc1ccc(F)cc1NC(=O)C=Cc1ccccc1[N+](=O)[O-]. The van der Waals surface area contributed by atoms with Crippen LogP contribution in [0.2, 0.25) is 0 Å². The van der Waals surface area contributed by atoms with Crippen LogP contribution in [0.5, 0.6) is 0 Å². The molecule has 0 spiro atoms. The smallest absolute Gasteiger partial charge is 0.276 e. The van der Waals surface area contributed by atoms with Gasteiger partial charge in [0.25, 0.3) is 5.69 Å². The van der Waals surface area contributed by atoms with E-state index in [0.29, 0.717) is 15.6 Å². The zero-order valence-electron chi connectivity index (χ0n) is 14.7. The van der Waals surface area contributed by atoms with Crippen LogP contribution in [0, 0.1) is 15.9 Å². The molecule has 2 aromatic carbocycles. The third-order valence-electron chi connectivity index (χ3n) is 3.73. The molecule has 0 unspecified atom stereocenters. The molecule has 9 heteroatoms. The molecule has 28 heavy (non-hydrogen) atoms. The second kappa shape index (κ2) is 8.49. The number of aryl methyl sites for hydroxylation is 1. The number of benzene rings is 2. The van der Waals surface area contributed by atoms with Crippen molar-refractivity contribution in [3.63, 3.8) is 0 Å². The highest BCUT2D eigenvalue weighted by Gasteiger charge is 2.12. The van der Waals surface area contributed by atoms with E-state index in [0.717, 1.165) is 0 Å². The lowest BCUT2D eigenvalue weighted by molar-refractivity contribution is -0.385. The monoisotopic (exact) mass is 398 g/mol. The summed E-state index contributed by atoms with van der Waals surface area (Å²) in [4.78, 5) is 27.6. The summed E-state index contributed by atoms with van der Waals surface area (Å²) in [6.07, 6.45) is 5.93. The number of hydrogen-bond acceptors (Lipinski definition) is 5. The van der Waals surface area contributed by atoms with Crippen molar-refractivity contribution in [2.45, 2.75) is 10.1 Å². The molecule has 1 amide bonds. The number of carbonyl (C=O) groups excluding carboxylic acids is 1. The summed E-state index contributed by atoms with van der Waals surface area (Å²) in [6, 6.07) is 10.1. The summed E-state index contributed by atoms with van der Waals surface area (Å²) in [5.41, 5.74) is 0.470. The summed E-state index contributed by atoms with van der Waals surface area (Å²) in [5, 5.41) is 14.3. The number of carbonyl (C=O) groups is 1. The summed E-state index contributed by atoms with van der Waals surface area (Å²) >= 11 is 1.28. The minimum Gasteiger partial charge on any atom is -0.329 e. The highest BCUT2D eigenvalue weighted by Crippen LogP contribution is 2.33. The normalized spacial score (nSPS) is 10.9. The largest absolute Gasteiger partial charge is 0.329 e. The van der Waals surface area contributed by atoms with Gasteiger partial charge in [-0.05, 0) is 42.1 Å². The fourth-order valence-electron chi connectivity index (χ4n) is 2.37. The molecule has 0 atom stereocenters. The van der Waals surface area contributed by atoms with Crippen LogP contribution in [0.15, 0.2) is 71.0 Å². The minimum atomic E-state index is -0.537. The number of hydrogen-bond donors (Lipinski definition) is 1. The van der Waals surface area contributed by atoms with Gasteiger partial charge < -0.3 is 9.88 Å². The van der Waals surface area contributed by atoms with Crippen LogP contribution in [-0.2, 0) is 11.8 Å². The molecule has 0 bridgehead atoms. The van der Waals surface area contributed by atoms with Gasteiger partial charge in [-0.1, -0.05) is 12.1 Å². The molecule has 0 fully saturated rings. The Morgan fingerprint density at radius 1 is 1.32 bits per heavy atom. The number of nitrogens with zero attached hydrogens (tertiary/aromatic N) is 3. The van der Waals surface area contributed by atoms with Gasteiger partial charge in [0.15, 0.2) is 5.16 Å². The Morgan fingerprint density at radius 2 is 2.11 bits per heavy atom. The predicted molar refractivity (Wildman–Crippen MR) is 104 cm³/mol. The van der Waals surface area contributed by atoms with Gasteiger partial charge in [0.1, 0.15) is 5.82 Å². The minimum absolute atomic E-state index is 0.108. The standard InChI is InChI=1S/C19H15FN4O3S/c1-23-11-10-21-19(23)28-17-8-7-14(20)12-15(17)22-18(25)9-6-13-4-2-3-5-16(13)24(26)27/h2-12H,1H3,(H,22,25). The van der Waals surface area contributed by atoms with Gasteiger partial charge >= 0.3 is 0 Å². The Balaban J connectivity index is 1.80. The van der Waals surface area contributed by atoms with E-state index in [9.17, 15) is 19.3 Å². The predicted octanol–water partition coefficient (Wildman–Crippen LogP) is 4.27. The van der Waals surface area contributed by atoms with Crippen LogP contribution < -0.4 is 5.32 Å². The van der Waals surface area contributed by atoms with E-state index in [1.54, 1.807) is 35.2 Å². The fraction of sp³-hybridized carbons (Fsp3) is 0.0526. The van der Waals surface area contributed by atoms with Crippen molar-refractivity contribution < 1.29 is 14.1 Å². The van der Waals surface area contributed by atoms with Gasteiger partial charge in [-0.2, -0.15) is 0 Å². The zero-order chi connectivity index (χ0) is 20.1. The molecule has 0 aliphatic carbocycles.